The Morgan fingerprint density at radius 2 is 1.81 bits per heavy atom. The molecule has 0 saturated carbocycles. The topological polar surface area (TPSA) is 107 Å². The first-order valence-electron chi connectivity index (χ1n) is 9.52. The van der Waals surface area contributed by atoms with Crippen LogP contribution in [0.25, 0.3) is 0 Å². The van der Waals surface area contributed by atoms with Gasteiger partial charge in [0.1, 0.15) is 0 Å². The second-order valence-electron chi connectivity index (χ2n) is 6.14. The van der Waals surface area contributed by atoms with E-state index >= 15 is 0 Å². The van der Waals surface area contributed by atoms with Crippen LogP contribution in [-0.4, -0.2) is 38.9 Å². The SMILES string of the molecule is CCOC(=O)COc1c(OC)cc(Br)cc1C(Nc1ccc(C#N)cc1)C(=O)OCC. The van der Waals surface area contributed by atoms with E-state index in [4.69, 9.17) is 24.2 Å². The van der Waals surface area contributed by atoms with Gasteiger partial charge in [0.2, 0.25) is 0 Å². The van der Waals surface area contributed by atoms with E-state index in [2.05, 4.69) is 21.2 Å². The number of benzene rings is 2. The van der Waals surface area contributed by atoms with E-state index in [0.717, 1.165) is 0 Å². The molecule has 0 spiro atoms. The van der Waals surface area contributed by atoms with Gasteiger partial charge in [-0.25, -0.2) is 9.59 Å². The summed E-state index contributed by atoms with van der Waals surface area (Å²) in [6.45, 7) is 3.44. The molecule has 0 aliphatic heterocycles. The van der Waals surface area contributed by atoms with E-state index < -0.39 is 18.0 Å². The number of ether oxygens (including phenoxy) is 4. The Morgan fingerprint density at radius 1 is 1.13 bits per heavy atom. The zero-order valence-corrected chi connectivity index (χ0v) is 19.0. The molecule has 0 bridgehead atoms. The maximum Gasteiger partial charge on any atom is 0.344 e. The van der Waals surface area contributed by atoms with E-state index in [1.165, 1.54) is 7.11 Å². The first kappa shape index (κ1) is 24.0. The van der Waals surface area contributed by atoms with Gasteiger partial charge in [-0.3, -0.25) is 0 Å². The molecular weight excluding hydrogens is 468 g/mol. The molecule has 2 aromatic rings. The Bertz CT molecular complexity index is 956. The van der Waals surface area contributed by atoms with Gasteiger partial charge < -0.3 is 24.3 Å². The summed E-state index contributed by atoms with van der Waals surface area (Å²) in [5.41, 5.74) is 1.48. The molecule has 164 valence electrons. The van der Waals surface area contributed by atoms with Gasteiger partial charge in [0.05, 0.1) is 32.0 Å². The molecule has 2 rings (SSSR count). The molecule has 1 atom stereocenters. The van der Waals surface area contributed by atoms with Gasteiger partial charge in [-0.2, -0.15) is 5.26 Å². The summed E-state index contributed by atoms with van der Waals surface area (Å²) in [4.78, 5) is 24.7. The van der Waals surface area contributed by atoms with Crippen LogP contribution in [0.2, 0.25) is 0 Å². The lowest BCUT2D eigenvalue weighted by atomic mass is 10.0. The molecule has 0 aliphatic rings. The molecule has 0 aromatic heterocycles. The van der Waals surface area contributed by atoms with Gasteiger partial charge in [0, 0.05) is 15.7 Å². The second kappa shape index (κ2) is 11.8. The maximum atomic E-state index is 12.8. The van der Waals surface area contributed by atoms with Crippen molar-refractivity contribution in [1.29, 1.82) is 5.26 Å². The number of carbonyl (C=O) groups is 2. The van der Waals surface area contributed by atoms with Crippen molar-refractivity contribution in [2.75, 3.05) is 32.2 Å². The summed E-state index contributed by atoms with van der Waals surface area (Å²) in [5, 5.41) is 12.1. The summed E-state index contributed by atoms with van der Waals surface area (Å²) in [7, 11) is 1.45. The van der Waals surface area contributed by atoms with Gasteiger partial charge in [-0.05, 0) is 50.2 Å². The van der Waals surface area contributed by atoms with E-state index in [9.17, 15) is 9.59 Å². The average molecular weight is 491 g/mol. The Hall–Kier alpha value is -3.25. The number of carbonyl (C=O) groups excluding carboxylic acids is 2. The van der Waals surface area contributed by atoms with Crippen LogP contribution < -0.4 is 14.8 Å². The van der Waals surface area contributed by atoms with Gasteiger partial charge >= 0.3 is 11.9 Å². The standard InChI is InChI=1S/C22H23BrN2O6/c1-4-29-19(26)13-31-21-17(10-15(23)11-18(21)28-3)20(22(27)30-5-2)25-16-8-6-14(12-24)7-9-16/h6-11,20,25H,4-5,13H2,1-3H3. The first-order valence-corrected chi connectivity index (χ1v) is 10.3. The van der Waals surface area contributed by atoms with Crippen LogP contribution in [0.3, 0.4) is 0 Å². The third kappa shape index (κ3) is 6.62. The van der Waals surface area contributed by atoms with Crippen molar-refractivity contribution in [3.8, 4) is 17.6 Å². The summed E-state index contributed by atoms with van der Waals surface area (Å²) in [5.74, 6) is -0.568. The molecular formula is C22H23BrN2O6. The Kier molecular flexibility index (Phi) is 9.15. The number of nitrogens with one attached hydrogen (secondary N) is 1. The summed E-state index contributed by atoms with van der Waals surface area (Å²) < 4.78 is 21.9. The molecule has 0 heterocycles. The molecule has 1 N–H and O–H groups in total. The zero-order chi connectivity index (χ0) is 22.8. The summed E-state index contributed by atoms with van der Waals surface area (Å²) in [6.07, 6.45) is 0. The molecule has 1 unspecified atom stereocenters. The number of nitriles is 1. The van der Waals surface area contributed by atoms with Crippen LogP contribution in [0.15, 0.2) is 40.9 Å². The molecule has 0 radical (unpaired) electrons. The number of methoxy groups -OCH3 is 1. The summed E-state index contributed by atoms with van der Waals surface area (Å²) >= 11 is 3.41. The minimum atomic E-state index is -0.975. The van der Waals surface area contributed by atoms with Gasteiger partial charge in [0.25, 0.3) is 0 Å². The maximum absolute atomic E-state index is 12.8. The molecule has 2 aromatic carbocycles. The molecule has 31 heavy (non-hydrogen) atoms. The molecule has 0 saturated heterocycles. The van der Waals surface area contributed by atoms with Crippen LogP contribution in [0.4, 0.5) is 5.69 Å². The highest BCUT2D eigenvalue weighted by Crippen LogP contribution is 2.39. The number of anilines is 1. The molecule has 0 fully saturated rings. The zero-order valence-electron chi connectivity index (χ0n) is 17.4. The lowest BCUT2D eigenvalue weighted by Crippen LogP contribution is -2.25. The second-order valence-corrected chi connectivity index (χ2v) is 7.05. The minimum absolute atomic E-state index is 0.175. The van der Waals surface area contributed by atoms with Crippen molar-refractivity contribution in [3.05, 3.63) is 52.0 Å². The van der Waals surface area contributed by atoms with E-state index in [1.54, 1.807) is 50.2 Å². The Morgan fingerprint density at radius 3 is 2.39 bits per heavy atom. The normalized spacial score (nSPS) is 11.1. The Labute approximate surface area is 189 Å². The van der Waals surface area contributed by atoms with Crippen molar-refractivity contribution in [1.82, 2.24) is 0 Å². The third-order valence-corrected chi connectivity index (χ3v) is 4.52. The van der Waals surface area contributed by atoms with Crippen LogP contribution in [0.1, 0.15) is 31.0 Å². The van der Waals surface area contributed by atoms with Crippen molar-refractivity contribution >= 4 is 33.6 Å². The van der Waals surface area contributed by atoms with Crippen LogP contribution in [0.5, 0.6) is 11.5 Å². The Balaban J connectivity index is 2.49. The summed E-state index contributed by atoms with van der Waals surface area (Å²) in [6, 6.07) is 11.0. The van der Waals surface area contributed by atoms with Crippen LogP contribution in [-0.2, 0) is 19.1 Å². The number of esters is 2. The van der Waals surface area contributed by atoms with Crippen LogP contribution >= 0.6 is 15.9 Å². The fourth-order valence-corrected chi connectivity index (χ4v) is 3.19. The van der Waals surface area contributed by atoms with E-state index in [1.807, 2.05) is 6.07 Å². The number of hydrogen-bond acceptors (Lipinski definition) is 8. The molecule has 0 amide bonds. The van der Waals surface area contributed by atoms with Crippen molar-refractivity contribution in [3.63, 3.8) is 0 Å². The molecule has 9 heteroatoms. The molecule has 8 nitrogen and oxygen atoms in total. The van der Waals surface area contributed by atoms with Crippen molar-refractivity contribution in [2.45, 2.75) is 19.9 Å². The lowest BCUT2D eigenvalue weighted by molar-refractivity contribution is -0.145. The predicted octanol–water partition coefficient (Wildman–Crippen LogP) is 3.99. The third-order valence-electron chi connectivity index (χ3n) is 4.07. The number of nitrogens with zero attached hydrogens (tertiary/aromatic N) is 1. The van der Waals surface area contributed by atoms with Crippen molar-refractivity contribution < 1.29 is 28.5 Å². The highest BCUT2D eigenvalue weighted by molar-refractivity contribution is 9.10. The van der Waals surface area contributed by atoms with Crippen LogP contribution in [0, 0.1) is 11.3 Å². The number of rotatable bonds is 10. The quantitative estimate of drug-likeness (QED) is 0.498. The largest absolute Gasteiger partial charge is 0.493 e. The van der Waals surface area contributed by atoms with Gasteiger partial charge in [-0.15, -0.1) is 0 Å². The fourth-order valence-electron chi connectivity index (χ4n) is 2.74. The highest BCUT2D eigenvalue weighted by Gasteiger charge is 2.29. The minimum Gasteiger partial charge on any atom is -0.493 e. The van der Waals surface area contributed by atoms with Gasteiger partial charge in [0.15, 0.2) is 24.1 Å². The average Bonchev–Trinajstić information content (AvgIpc) is 2.76. The predicted molar refractivity (Wildman–Crippen MR) is 117 cm³/mol. The van der Waals surface area contributed by atoms with Gasteiger partial charge in [-0.1, -0.05) is 15.9 Å². The molecule has 0 aliphatic carbocycles. The highest BCUT2D eigenvalue weighted by atomic mass is 79.9. The smallest absolute Gasteiger partial charge is 0.344 e. The number of hydrogen-bond donors (Lipinski definition) is 1. The van der Waals surface area contributed by atoms with Crippen molar-refractivity contribution in [2.24, 2.45) is 0 Å². The first-order chi connectivity index (χ1) is 14.9. The lowest BCUT2D eigenvalue weighted by Gasteiger charge is -2.23. The number of halogens is 1. The monoisotopic (exact) mass is 490 g/mol. The fraction of sp³-hybridized carbons (Fsp3) is 0.318. The van der Waals surface area contributed by atoms with E-state index in [0.29, 0.717) is 27.0 Å². The van der Waals surface area contributed by atoms with E-state index in [-0.39, 0.29) is 25.6 Å².